The molecule has 0 amide bonds. The van der Waals surface area contributed by atoms with Gasteiger partial charge in [-0.15, -0.1) is 0 Å². The zero-order valence-corrected chi connectivity index (χ0v) is 15.6. The first kappa shape index (κ1) is 17.9. The fraction of sp³-hybridized carbons (Fsp3) is 0.0417. The Morgan fingerprint density at radius 2 is 1.59 bits per heavy atom. The Kier molecular flexibility index (Phi) is 4.24. The smallest absolute Gasteiger partial charge is 0.102 e. The average Bonchev–Trinajstić information content (AvgIpc) is 2.77. The van der Waals surface area contributed by atoms with Gasteiger partial charge in [0, 0.05) is 27.8 Å². The predicted molar refractivity (Wildman–Crippen MR) is 116 cm³/mol. The topological polar surface area (TPSA) is 96.1 Å². The Bertz CT molecular complexity index is 1510. The van der Waals surface area contributed by atoms with Crippen molar-refractivity contribution in [3.05, 3.63) is 59.2 Å². The van der Waals surface area contributed by atoms with E-state index in [2.05, 4.69) is 22.8 Å². The lowest BCUT2D eigenvalue weighted by molar-refractivity contribution is 1.41. The lowest BCUT2D eigenvalue weighted by Crippen LogP contribution is -1.95. The third kappa shape index (κ3) is 2.45. The van der Waals surface area contributed by atoms with Crippen molar-refractivity contribution in [3.63, 3.8) is 0 Å². The number of rotatable bonds is 2. The molecule has 0 aromatic heterocycles. The molecule has 0 unspecified atom stereocenters. The number of benzene rings is 4. The monoisotopic (exact) mass is 371 g/mol. The lowest BCUT2D eigenvalue weighted by Gasteiger charge is -2.16. The fourth-order valence-electron chi connectivity index (χ4n) is 3.86. The van der Waals surface area contributed by atoms with Crippen LogP contribution in [0.3, 0.4) is 0 Å². The molecule has 0 spiro atoms. The molecule has 0 aliphatic carbocycles. The Morgan fingerprint density at radius 3 is 2.24 bits per heavy atom. The summed E-state index contributed by atoms with van der Waals surface area (Å²) in [6.45, 7) is 5.50. The standard InChI is InChI=1S/C24H13N5/c1-3-29-24-18-10-15(11-25)19(12-26)20(13-27)22(18)21-16-7-5-4-6-14(16)8-9-17(21)23(24)28-2/h3-10H,2H2,1H3/b29-3-. The number of hydrogen-bond donors (Lipinski definition) is 0. The summed E-state index contributed by atoms with van der Waals surface area (Å²) in [5.74, 6) is 0. The summed E-state index contributed by atoms with van der Waals surface area (Å²) in [4.78, 5) is 8.71. The van der Waals surface area contributed by atoms with E-state index in [0.717, 1.165) is 21.5 Å². The minimum absolute atomic E-state index is 0.0717. The van der Waals surface area contributed by atoms with Crippen LogP contribution in [0.25, 0.3) is 32.3 Å². The van der Waals surface area contributed by atoms with Crippen molar-refractivity contribution >= 4 is 56.6 Å². The van der Waals surface area contributed by atoms with Crippen LogP contribution in [0, 0.1) is 34.0 Å². The SMILES string of the molecule is C=Nc1c(/N=C\C)c2cc(C#N)c(C#N)c(C#N)c2c2c1ccc1ccccc12. The predicted octanol–water partition coefficient (Wildman–Crippen LogP) is 5.82. The molecular weight excluding hydrogens is 358 g/mol. The molecule has 134 valence electrons. The minimum Gasteiger partial charge on any atom is -0.262 e. The van der Waals surface area contributed by atoms with Crippen molar-refractivity contribution in [2.24, 2.45) is 9.98 Å². The molecule has 0 saturated heterocycles. The Morgan fingerprint density at radius 1 is 0.828 bits per heavy atom. The Balaban J connectivity index is 2.51. The van der Waals surface area contributed by atoms with Gasteiger partial charge in [0.25, 0.3) is 0 Å². The van der Waals surface area contributed by atoms with Crippen molar-refractivity contribution in [2.75, 3.05) is 0 Å². The van der Waals surface area contributed by atoms with E-state index in [0.29, 0.717) is 22.1 Å². The van der Waals surface area contributed by atoms with Crippen LogP contribution in [-0.4, -0.2) is 12.9 Å². The second-order valence-corrected chi connectivity index (χ2v) is 6.38. The van der Waals surface area contributed by atoms with Gasteiger partial charge in [0.1, 0.15) is 18.2 Å². The number of hydrogen-bond acceptors (Lipinski definition) is 5. The highest BCUT2D eigenvalue weighted by Crippen LogP contribution is 2.47. The molecule has 0 atom stereocenters. The zero-order chi connectivity index (χ0) is 20.5. The van der Waals surface area contributed by atoms with Crippen LogP contribution in [0.5, 0.6) is 0 Å². The fourth-order valence-corrected chi connectivity index (χ4v) is 3.86. The van der Waals surface area contributed by atoms with E-state index in [1.54, 1.807) is 19.2 Å². The number of nitriles is 3. The zero-order valence-electron chi connectivity index (χ0n) is 15.6. The van der Waals surface area contributed by atoms with Crippen LogP contribution < -0.4 is 0 Å². The minimum atomic E-state index is 0.0717. The van der Waals surface area contributed by atoms with Crippen LogP contribution in [-0.2, 0) is 0 Å². The first-order valence-electron chi connectivity index (χ1n) is 8.84. The number of fused-ring (bicyclic) bond motifs is 5. The van der Waals surface area contributed by atoms with Gasteiger partial charge in [-0.3, -0.25) is 9.98 Å². The summed E-state index contributed by atoms with van der Waals surface area (Å²) in [5.41, 5.74) is 1.49. The number of aliphatic imine (C=N–C) groups is 2. The van der Waals surface area contributed by atoms with Gasteiger partial charge in [0.15, 0.2) is 0 Å². The maximum Gasteiger partial charge on any atom is 0.102 e. The van der Waals surface area contributed by atoms with Crippen LogP contribution >= 0.6 is 0 Å². The molecule has 4 aromatic carbocycles. The molecule has 0 heterocycles. The summed E-state index contributed by atoms with van der Waals surface area (Å²) in [6, 6.07) is 19.6. The number of nitrogens with zero attached hydrogens (tertiary/aromatic N) is 5. The molecule has 0 bridgehead atoms. The van der Waals surface area contributed by atoms with Crippen molar-refractivity contribution in [2.45, 2.75) is 6.92 Å². The molecule has 5 heteroatoms. The van der Waals surface area contributed by atoms with Gasteiger partial charge >= 0.3 is 0 Å². The average molecular weight is 371 g/mol. The maximum absolute atomic E-state index is 9.96. The summed E-state index contributed by atoms with van der Waals surface area (Å²) in [6.07, 6.45) is 1.63. The van der Waals surface area contributed by atoms with Crippen LogP contribution in [0.1, 0.15) is 23.6 Å². The van der Waals surface area contributed by atoms with E-state index < -0.39 is 0 Å². The third-order valence-electron chi connectivity index (χ3n) is 5.00. The highest BCUT2D eigenvalue weighted by atomic mass is 14.8. The van der Waals surface area contributed by atoms with Crippen molar-refractivity contribution in [3.8, 4) is 18.2 Å². The van der Waals surface area contributed by atoms with Crippen molar-refractivity contribution < 1.29 is 0 Å². The molecule has 29 heavy (non-hydrogen) atoms. The summed E-state index contributed by atoms with van der Waals surface area (Å²) >= 11 is 0. The lowest BCUT2D eigenvalue weighted by atomic mass is 9.88. The Labute approximate surface area is 167 Å². The maximum atomic E-state index is 9.96. The van der Waals surface area contributed by atoms with E-state index in [1.807, 2.05) is 48.5 Å². The highest BCUT2D eigenvalue weighted by molar-refractivity contribution is 6.28. The first-order valence-corrected chi connectivity index (χ1v) is 8.84. The van der Waals surface area contributed by atoms with E-state index in [9.17, 15) is 15.8 Å². The van der Waals surface area contributed by atoms with E-state index in [4.69, 9.17) is 0 Å². The quantitative estimate of drug-likeness (QED) is 0.328. The van der Waals surface area contributed by atoms with Gasteiger partial charge in [-0.05, 0) is 30.5 Å². The molecule has 0 saturated carbocycles. The molecule has 4 rings (SSSR count). The summed E-state index contributed by atoms with van der Waals surface area (Å²) in [7, 11) is 0. The summed E-state index contributed by atoms with van der Waals surface area (Å²) < 4.78 is 0. The molecule has 0 aliphatic rings. The van der Waals surface area contributed by atoms with Gasteiger partial charge in [-0.2, -0.15) is 15.8 Å². The molecule has 0 aliphatic heterocycles. The summed E-state index contributed by atoms with van der Waals surface area (Å²) in [5, 5.41) is 33.9. The second-order valence-electron chi connectivity index (χ2n) is 6.38. The van der Waals surface area contributed by atoms with E-state index in [1.165, 1.54) is 0 Å². The Hall–Kier alpha value is -4.53. The first-order chi connectivity index (χ1) is 14.2. The van der Waals surface area contributed by atoms with Crippen LogP contribution in [0.15, 0.2) is 52.4 Å². The molecule has 0 fully saturated rings. The second kappa shape index (κ2) is 6.89. The normalized spacial score (nSPS) is 10.8. The van der Waals surface area contributed by atoms with Gasteiger partial charge in [-0.1, -0.05) is 36.4 Å². The van der Waals surface area contributed by atoms with Gasteiger partial charge < -0.3 is 0 Å². The van der Waals surface area contributed by atoms with E-state index >= 15 is 0 Å². The van der Waals surface area contributed by atoms with Crippen molar-refractivity contribution in [1.29, 1.82) is 15.8 Å². The molecule has 5 nitrogen and oxygen atoms in total. The van der Waals surface area contributed by atoms with Gasteiger partial charge in [0.05, 0.1) is 28.1 Å². The molecule has 0 N–H and O–H groups in total. The van der Waals surface area contributed by atoms with Crippen LogP contribution in [0.2, 0.25) is 0 Å². The molecule has 4 aromatic rings. The van der Waals surface area contributed by atoms with E-state index in [-0.39, 0.29) is 16.7 Å². The largest absolute Gasteiger partial charge is 0.262 e. The highest BCUT2D eigenvalue weighted by Gasteiger charge is 2.22. The van der Waals surface area contributed by atoms with Gasteiger partial charge in [0.2, 0.25) is 0 Å². The molecular formula is C24H13N5. The van der Waals surface area contributed by atoms with Crippen LogP contribution in [0.4, 0.5) is 11.4 Å². The van der Waals surface area contributed by atoms with Gasteiger partial charge in [-0.25, -0.2) is 0 Å². The molecule has 0 radical (unpaired) electrons. The van der Waals surface area contributed by atoms with Crippen molar-refractivity contribution in [1.82, 2.24) is 0 Å². The third-order valence-corrected chi connectivity index (χ3v) is 5.00.